The van der Waals surface area contributed by atoms with E-state index < -0.39 is 0 Å². The minimum absolute atomic E-state index is 0.00725. The molecule has 0 spiro atoms. The Bertz CT molecular complexity index is 390. The predicted molar refractivity (Wildman–Crippen MR) is 62.6 cm³/mol. The molecule has 1 amide bonds. The molecule has 0 atom stereocenters. The van der Waals surface area contributed by atoms with Gasteiger partial charge in [-0.15, -0.1) is 0 Å². The highest BCUT2D eigenvalue weighted by Crippen LogP contribution is 2.29. The largest absolute Gasteiger partial charge is 0.395 e. The van der Waals surface area contributed by atoms with Crippen LogP contribution in [0.1, 0.15) is 23.2 Å². The van der Waals surface area contributed by atoms with Crippen LogP contribution in [0, 0.1) is 0 Å². The lowest BCUT2D eigenvalue weighted by Crippen LogP contribution is -2.35. The summed E-state index contributed by atoms with van der Waals surface area (Å²) in [5, 5.41) is 9.42. The van der Waals surface area contributed by atoms with Crippen LogP contribution in [0.2, 0.25) is 5.02 Å². The summed E-state index contributed by atoms with van der Waals surface area (Å²) in [6.07, 6.45) is 2.05. The van der Waals surface area contributed by atoms with Gasteiger partial charge >= 0.3 is 0 Å². The second-order valence-electron chi connectivity index (χ2n) is 3.93. The summed E-state index contributed by atoms with van der Waals surface area (Å²) >= 11 is 5.98. The molecule has 1 aromatic carbocycles. The van der Waals surface area contributed by atoms with Gasteiger partial charge < -0.3 is 10.0 Å². The zero-order chi connectivity index (χ0) is 11.5. The lowest BCUT2D eigenvalue weighted by Gasteiger charge is -2.21. The molecule has 0 aliphatic heterocycles. The molecule has 0 bridgehead atoms. The number of carbonyl (C=O) groups excluding carboxylic acids is 1. The first-order valence-electron chi connectivity index (χ1n) is 5.40. The van der Waals surface area contributed by atoms with Crippen molar-refractivity contribution < 1.29 is 9.90 Å². The number of amides is 1. The molecule has 2 rings (SSSR count). The summed E-state index contributed by atoms with van der Waals surface area (Å²) in [6, 6.07) is 7.31. The Balaban J connectivity index is 2.19. The Morgan fingerprint density at radius 3 is 2.69 bits per heavy atom. The van der Waals surface area contributed by atoms with Crippen LogP contribution in [0.25, 0.3) is 0 Å². The monoisotopic (exact) mass is 239 g/mol. The fourth-order valence-electron chi connectivity index (χ4n) is 1.73. The van der Waals surface area contributed by atoms with Crippen LogP contribution in [-0.4, -0.2) is 35.1 Å². The van der Waals surface area contributed by atoms with Gasteiger partial charge in [0.1, 0.15) is 0 Å². The van der Waals surface area contributed by atoms with Crippen LogP contribution in [0.5, 0.6) is 0 Å². The number of rotatable bonds is 4. The van der Waals surface area contributed by atoms with Crippen LogP contribution in [0.15, 0.2) is 24.3 Å². The Hall–Kier alpha value is -1.06. The van der Waals surface area contributed by atoms with E-state index in [-0.39, 0.29) is 18.6 Å². The Kier molecular flexibility index (Phi) is 3.46. The molecule has 0 radical (unpaired) electrons. The van der Waals surface area contributed by atoms with E-state index in [1.54, 1.807) is 29.2 Å². The first kappa shape index (κ1) is 11.4. The van der Waals surface area contributed by atoms with Gasteiger partial charge in [-0.2, -0.15) is 0 Å². The number of aliphatic hydroxyl groups excluding tert-OH is 1. The van der Waals surface area contributed by atoms with Gasteiger partial charge in [-0.25, -0.2) is 0 Å². The summed E-state index contributed by atoms with van der Waals surface area (Å²) < 4.78 is 0. The minimum Gasteiger partial charge on any atom is -0.395 e. The summed E-state index contributed by atoms with van der Waals surface area (Å²) in [7, 11) is 0. The van der Waals surface area contributed by atoms with Crippen molar-refractivity contribution >= 4 is 17.5 Å². The molecular formula is C12H14ClNO2. The molecule has 1 N–H and O–H groups in total. The van der Waals surface area contributed by atoms with Gasteiger partial charge in [0.05, 0.1) is 17.2 Å². The predicted octanol–water partition coefficient (Wildman–Crippen LogP) is 1.94. The molecular weight excluding hydrogens is 226 g/mol. The third kappa shape index (κ3) is 2.36. The molecule has 0 saturated heterocycles. The van der Waals surface area contributed by atoms with Crippen LogP contribution in [0.3, 0.4) is 0 Å². The third-order valence-corrected chi connectivity index (χ3v) is 3.02. The van der Waals surface area contributed by atoms with E-state index in [4.69, 9.17) is 16.7 Å². The molecule has 0 aromatic heterocycles. The van der Waals surface area contributed by atoms with Crippen molar-refractivity contribution in [2.45, 2.75) is 18.9 Å². The zero-order valence-corrected chi connectivity index (χ0v) is 9.65. The SMILES string of the molecule is O=C(c1ccccc1Cl)N(CCO)C1CC1. The highest BCUT2D eigenvalue weighted by Gasteiger charge is 2.33. The van der Waals surface area contributed by atoms with E-state index in [0.29, 0.717) is 17.1 Å². The number of carbonyl (C=O) groups is 1. The van der Waals surface area contributed by atoms with E-state index in [9.17, 15) is 4.79 Å². The maximum absolute atomic E-state index is 12.2. The highest BCUT2D eigenvalue weighted by molar-refractivity contribution is 6.33. The van der Waals surface area contributed by atoms with Crippen LogP contribution in [0.4, 0.5) is 0 Å². The summed E-state index contributed by atoms with van der Waals surface area (Å²) in [5.74, 6) is -0.0813. The van der Waals surface area contributed by atoms with E-state index >= 15 is 0 Å². The van der Waals surface area contributed by atoms with Crippen LogP contribution >= 0.6 is 11.6 Å². The molecule has 1 fully saturated rings. The van der Waals surface area contributed by atoms with Crippen LogP contribution in [-0.2, 0) is 0 Å². The van der Waals surface area contributed by atoms with Gasteiger partial charge in [0.25, 0.3) is 5.91 Å². The zero-order valence-electron chi connectivity index (χ0n) is 8.90. The maximum Gasteiger partial charge on any atom is 0.255 e. The third-order valence-electron chi connectivity index (χ3n) is 2.69. The molecule has 1 aliphatic carbocycles. The summed E-state index contributed by atoms with van der Waals surface area (Å²) in [6.45, 7) is 0.376. The summed E-state index contributed by atoms with van der Waals surface area (Å²) in [5.41, 5.74) is 0.518. The second-order valence-corrected chi connectivity index (χ2v) is 4.34. The number of halogens is 1. The first-order valence-corrected chi connectivity index (χ1v) is 5.78. The van der Waals surface area contributed by atoms with Gasteiger partial charge in [-0.1, -0.05) is 23.7 Å². The first-order chi connectivity index (χ1) is 7.74. The standard InChI is InChI=1S/C12H14ClNO2/c13-11-4-2-1-3-10(11)12(16)14(7-8-15)9-5-6-9/h1-4,9,15H,5-8H2. The van der Waals surface area contributed by atoms with E-state index in [1.165, 1.54) is 0 Å². The number of nitrogens with zero attached hydrogens (tertiary/aromatic N) is 1. The molecule has 16 heavy (non-hydrogen) atoms. The topological polar surface area (TPSA) is 40.5 Å². The van der Waals surface area contributed by atoms with E-state index in [2.05, 4.69) is 0 Å². The Labute approximate surface area is 99.6 Å². The van der Waals surface area contributed by atoms with Crippen molar-refractivity contribution in [3.63, 3.8) is 0 Å². The van der Waals surface area contributed by atoms with Gasteiger partial charge in [0.15, 0.2) is 0 Å². The number of benzene rings is 1. The molecule has 1 saturated carbocycles. The molecule has 1 aromatic rings. The van der Waals surface area contributed by atoms with Crippen molar-refractivity contribution in [3.05, 3.63) is 34.9 Å². The Morgan fingerprint density at radius 1 is 1.44 bits per heavy atom. The van der Waals surface area contributed by atoms with E-state index in [0.717, 1.165) is 12.8 Å². The van der Waals surface area contributed by atoms with Crippen molar-refractivity contribution in [2.75, 3.05) is 13.2 Å². The molecule has 1 aliphatic rings. The Morgan fingerprint density at radius 2 is 2.12 bits per heavy atom. The average molecular weight is 240 g/mol. The second kappa shape index (κ2) is 4.85. The number of aliphatic hydroxyl groups is 1. The van der Waals surface area contributed by atoms with Gasteiger partial charge in [-0.05, 0) is 25.0 Å². The lowest BCUT2D eigenvalue weighted by atomic mass is 10.2. The van der Waals surface area contributed by atoms with Crippen molar-refractivity contribution in [3.8, 4) is 0 Å². The summed E-state index contributed by atoms with van der Waals surface area (Å²) in [4.78, 5) is 13.9. The molecule has 4 heteroatoms. The average Bonchev–Trinajstić information content (AvgIpc) is 3.09. The molecule has 0 unspecified atom stereocenters. The minimum atomic E-state index is -0.0813. The number of hydrogen-bond donors (Lipinski definition) is 1. The number of hydrogen-bond acceptors (Lipinski definition) is 2. The normalized spacial score (nSPS) is 14.9. The van der Waals surface area contributed by atoms with Gasteiger partial charge in [0.2, 0.25) is 0 Å². The quantitative estimate of drug-likeness (QED) is 0.872. The van der Waals surface area contributed by atoms with Crippen molar-refractivity contribution in [2.24, 2.45) is 0 Å². The van der Waals surface area contributed by atoms with E-state index in [1.807, 2.05) is 0 Å². The fourth-order valence-corrected chi connectivity index (χ4v) is 1.95. The van der Waals surface area contributed by atoms with Gasteiger partial charge in [0, 0.05) is 12.6 Å². The highest BCUT2D eigenvalue weighted by atomic mass is 35.5. The molecule has 86 valence electrons. The fraction of sp³-hybridized carbons (Fsp3) is 0.417. The smallest absolute Gasteiger partial charge is 0.255 e. The molecule has 3 nitrogen and oxygen atoms in total. The van der Waals surface area contributed by atoms with Crippen molar-refractivity contribution in [1.29, 1.82) is 0 Å². The lowest BCUT2D eigenvalue weighted by molar-refractivity contribution is 0.0708. The van der Waals surface area contributed by atoms with Gasteiger partial charge in [-0.3, -0.25) is 4.79 Å². The van der Waals surface area contributed by atoms with Crippen molar-refractivity contribution in [1.82, 2.24) is 4.90 Å². The van der Waals surface area contributed by atoms with Crippen LogP contribution < -0.4 is 0 Å². The maximum atomic E-state index is 12.2. The molecule has 0 heterocycles.